The molecule has 6 nitrogen and oxygen atoms in total. The van der Waals surface area contributed by atoms with Crippen LogP contribution in [0.1, 0.15) is 35.7 Å². The number of imidazole rings is 1. The summed E-state index contributed by atoms with van der Waals surface area (Å²) in [6, 6.07) is 14.7. The van der Waals surface area contributed by atoms with Crippen LogP contribution in [0, 0.1) is 6.92 Å². The Morgan fingerprint density at radius 3 is 2.77 bits per heavy atom. The molecule has 1 aliphatic rings. The van der Waals surface area contributed by atoms with Crippen molar-refractivity contribution < 1.29 is 4.79 Å². The Morgan fingerprint density at radius 1 is 1.16 bits per heavy atom. The maximum absolute atomic E-state index is 13.0. The van der Waals surface area contributed by atoms with Crippen LogP contribution in [0.4, 0.5) is 0 Å². The van der Waals surface area contributed by atoms with E-state index in [2.05, 4.69) is 47.2 Å². The zero-order valence-electron chi connectivity index (χ0n) is 18.4. The predicted octanol–water partition coefficient (Wildman–Crippen LogP) is 4.09. The zero-order valence-corrected chi connectivity index (χ0v) is 18.4. The number of aromatic nitrogens is 3. The van der Waals surface area contributed by atoms with Crippen LogP contribution in [0.15, 0.2) is 42.5 Å². The van der Waals surface area contributed by atoms with E-state index in [0.29, 0.717) is 12.1 Å². The van der Waals surface area contributed by atoms with E-state index in [1.165, 1.54) is 16.5 Å². The summed E-state index contributed by atoms with van der Waals surface area (Å²) < 4.78 is 4.43. The van der Waals surface area contributed by atoms with Gasteiger partial charge in [0.1, 0.15) is 0 Å². The molecule has 0 spiro atoms. The van der Waals surface area contributed by atoms with Gasteiger partial charge in [-0.1, -0.05) is 12.1 Å². The number of hydrogen-bond donors (Lipinski definition) is 1. The molecular formula is C25H29N5O. The molecule has 1 amide bonds. The van der Waals surface area contributed by atoms with Gasteiger partial charge in [-0.2, -0.15) is 0 Å². The molecule has 2 aromatic heterocycles. The first kappa shape index (κ1) is 19.8. The number of amides is 1. The number of likely N-dealkylation sites (tertiary alicyclic amines) is 1. The van der Waals surface area contributed by atoms with Crippen LogP contribution in [0.2, 0.25) is 0 Å². The number of benzene rings is 2. The van der Waals surface area contributed by atoms with E-state index in [0.717, 1.165) is 48.5 Å². The van der Waals surface area contributed by atoms with Crippen LogP contribution in [0.3, 0.4) is 0 Å². The zero-order chi connectivity index (χ0) is 21.7. The normalized spacial score (nSPS) is 17.0. The Balaban J connectivity index is 1.58. The summed E-state index contributed by atoms with van der Waals surface area (Å²) in [4.78, 5) is 19.9. The fourth-order valence-electron chi connectivity index (χ4n) is 4.83. The first-order chi connectivity index (χ1) is 15.0. The molecule has 160 valence electrons. The van der Waals surface area contributed by atoms with Crippen LogP contribution < -0.4 is 5.73 Å². The summed E-state index contributed by atoms with van der Waals surface area (Å²) in [5, 5.41) is 1.21. The summed E-state index contributed by atoms with van der Waals surface area (Å²) in [5.41, 5.74) is 12.2. The Hall–Kier alpha value is -3.12. The number of nitrogens with two attached hydrogens (primary N) is 1. The van der Waals surface area contributed by atoms with Crippen molar-refractivity contribution in [1.29, 1.82) is 0 Å². The summed E-state index contributed by atoms with van der Waals surface area (Å²) in [6.45, 7) is 6.54. The van der Waals surface area contributed by atoms with Gasteiger partial charge in [-0.15, -0.1) is 0 Å². The minimum atomic E-state index is 0.0439. The molecule has 6 heteroatoms. The highest BCUT2D eigenvalue weighted by atomic mass is 16.2. The first-order valence-electron chi connectivity index (χ1n) is 11.1. The maximum atomic E-state index is 13.0. The van der Waals surface area contributed by atoms with Gasteiger partial charge in [0, 0.05) is 49.2 Å². The van der Waals surface area contributed by atoms with Gasteiger partial charge in [0.15, 0.2) is 5.82 Å². The van der Waals surface area contributed by atoms with Crippen molar-refractivity contribution >= 4 is 27.8 Å². The monoisotopic (exact) mass is 415 g/mol. The lowest BCUT2D eigenvalue weighted by atomic mass is 10.1. The number of aryl methyl sites for hydroxylation is 3. The lowest BCUT2D eigenvalue weighted by molar-refractivity contribution is 0.0709. The fourth-order valence-corrected chi connectivity index (χ4v) is 4.83. The summed E-state index contributed by atoms with van der Waals surface area (Å²) in [6.07, 6.45) is 1.95. The number of carbonyl (C=O) groups is 1. The lowest BCUT2D eigenvalue weighted by Gasteiger charge is -2.30. The Kier molecular flexibility index (Phi) is 4.82. The van der Waals surface area contributed by atoms with E-state index in [4.69, 9.17) is 10.7 Å². The Labute approximate surface area is 182 Å². The highest BCUT2D eigenvalue weighted by Gasteiger charge is 2.23. The van der Waals surface area contributed by atoms with Crippen molar-refractivity contribution in [2.75, 3.05) is 13.1 Å². The second kappa shape index (κ2) is 7.54. The van der Waals surface area contributed by atoms with Crippen LogP contribution in [-0.4, -0.2) is 44.1 Å². The first-order valence-corrected chi connectivity index (χ1v) is 11.1. The third-order valence-corrected chi connectivity index (χ3v) is 6.48. The molecule has 0 aliphatic carbocycles. The molecule has 2 aromatic carbocycles. The highest BCUT2D eigenvalue weighted by Crippen LogP contribution is 2.31. The molecule has 5 rings (SSSR count). The molecule has 2 N–H and O–H groups in total. The molecule has 0 bridgehead atoms. The highest BCUT2D eigenvalue weighted by molar-refractivity contribution is 5.98. The van der Waals surface area contributed by atoms with Crippen LogP contribution in [0.25, 0.3) is 33.5 Å². The second-order valence-electron chi connectivity index (χ2n) is 8.69. The van der Waals surface area contributed by atoms with Gasteiger partial charge in [-0.05, 0) is 62.6 Å². The minimum absolute atomic E-state index is 0.0439. The van der Waals surface area contributed by atoms with Crippen molar-refractivity contribution in [3.8, 4) is 11.5 Å². The third-order valence-electron chi connectivity index (χ3n) is 6.48. The topological polar surface area (TPSA) is 69.1 Å². The largest absolute Gasteiger partial charge is 0.338 e. The summed E-state index contributed by atoms with van der Waals surface area (Å²) in [7, 11) is 2.04. The summed E-state index contributed by atoms with van der Waals surface area (Å²) >= 11 is 0. The molecule has 4 aromatic rings. The van der Waals surface area contributed by atoms with Crippen molar-refractivity contribution in [2.24, 2.45) is 12.8 Å². The molecule has 1 aliphatic heterocycles. The van der Waals surface area contributed by atoms with Crippen molar-refractivity contribution in [2.45, 2.75) is 39.3 Å². The standard InChI is InChI=1S/C25H29N5O/c1-4-30-22-12-16(2)7-8-17(22)14-23(30)24-27-20-13-18(9-10-21(20)28(24)3)25(31)29-11-5-6-19(26)15-29/h7-10,12-14,19H,4-6,11,15,26H2,1-3H3/t19-/m1/s1. The van der Waals surface area contributed by atoms with Crippen LogP contribution in [0.5, 0.6) is 0 Å². The van der Waals surface area contributed by atoms with Gasteiger partial charge >= 0.3 is 0 Å². The lowest BCUT2D eigenvalue weighted by Crippen LogP contribution is -2.45. The van der Waals surface area contributed by atoms with E-state index in [-0.39, 0.29) is 11.9 Å². The minimum Gasteiger partial charge on any atom is -0.338 e. The molecular weight excluding hydrogens is 386 g/mol. The molecule has 31 heavy (non-hydrogen) atoms. The van der Waals surface area contributed by atoms with E-state index in [1.807, 2.05) is 30.1 Å². The molecule has 3 heterocycles. The van der Waals surface area contributed by atoms with Crippen molar-refractivity contribution in [1.82, 2.24) is 19.0 Å². The van der Waals surface area contributed by atoms with E-state index >= 15 is 0 Å². The molecule has 1 atom stereocenters. The quantitative estimate of drug-likeness (QED) is 0.548. The number of carbonyl (C=O) groups excluding carboxylic acids is 1. The van der Waals surface area contributed by atoms with E-state index in [9.17, 15) is 4.79 Å². The number of rotatable bonds is 3. The van der Waals surface area contributed by atoms with E-state index < -0.39 is 0 Å². The third kappa shape index (κ3) is 3.31. The fraction of sp³-hybridized carbons (Fsp3) is 0.360. The van der Waals surface area contributed by atoms with Gasteiger partial charge in [-0.3, -0.25) is 4.79 Å². The van der Waals surface area contributed by atoms with Gasteiger partial charge < -0.3 is 19.8 Å². The van der Waals surface area contributed by atoms with Crippen LogP contribution in [-0.2, 0) is 13.6 Å². The molecule has 1 fully saturated rings. The van der Waals surface area contributed by atoms with Crippen molar-refractivity contribution in [3.05, 3.63) is 53.6 Å². The van der Waals surface area contributed by atoms with Gasteiger partial charge in [0.05, 0.1) is 16.7 Å². The number of nitrogens with zero attached hydrogens (tertiary/aromatic N) is 4. The summed E-state index contributed by atoms with van der Waals surface area (Å²) in [5.74, 6) is 0.956. The average Bonchev–Trinajstić information content (AvgIpc) is 3.29. The van der Waals surface area contributed by atoms with Crippen LogP contribution >= 0.6 is 0 Å². The predicted molar refractivity (Wildman–Crippen MR) is 125 cm³/mol. The van der Waals surface area contributed by atoms with Crippen molar-refractivity contribution in [3.63, 3.8) is 0 Å². The van der Waals surface area contributed by atoms with E-state index in [1.54, 1.807) is 0 Å². The average molecular weight is 416 g/mol. The Bertz CT molecular complexity index is 1300. The SMILES string of the molecule is CCn1c(-c2nc3cc(C(=O)N4CCC[C@@H](N)C4)ccc3n2C)cc2ccc(C)cc21. The van der Waals surface area contributed by atoms with Gasteiger partial charge in [0.2, 0.25) is 0 Å². The smallest absolute Gasteiger partial charge is 0.253 e. The number of fused-ring (bicyclic) bond motifs is 2. The van der Waals surface area contributed by atoms with Gasteiger partial charge in [-0.25, -0.2) is 4.98 Å². The second-order valence-corrected chi connectivity index (χ2v) is 8.69. The number of piperidine rings is 1. The molecule has 1 saturated heterocycles. The molecule has 0 saturated carbocycles. The maximum Gasteiger partial charge on any atom is 0.253 e. The van der Waals surface area contributed by atoms with Gasteiger partial charge in [0.25, 0.3) is 5.91 Å². The molecule has 0 unspecified atom stereocenters. The molecule has 0 radical (unpaired) electrons. The Morgan fingerprint density at radius 2 is 2.00 bits per heavy atom. The number of hydrogen-bond acceptors (Lipinski definition) is 3.